The number of hydrogen-bond donors (Lipinski definition) is 3. The van der Waals surface area contributed by atoms with E-state index in [2.05, 4.69) is 16.2 Å². The number of nitrogens with one attached hydrogen (secondary N) is 3. The minimum absolute atomic E-state index is 0.0118. The van der Waals surface area contributed by atoms with Crippen molar-refractivity contribution in [2.75, 3.05) is 33.5 Å². The fourth-order valence-electron chi connectivity index (χ4n) is 3.22. The van der Waals surface area contributed by atoms with Gasteiger partial charge in [0, 0.05) is 50.6 Å². The summed E-state index contributed by atoms with van der Waals surface area (Å²) in [6, 6.07) is 16.7. The largest absolute Gasteiger partial charge is 0.322 e. The lowest BCUT2D eigenvalue weighted by Gasteiger charge is -2.13. The molecule has 0 spiro atoms. The Labute approximate surface area is 226 Å². The van der Waals surface area contributed by atoms with Crippen LogP contribution >= 0.6 is 0 Å². The number of amides is 3. The Morgan fingerprint density at radius 1 is 0.564 bits per heavy atom. The topological polar surface area (TPSA) is 162 Å². The SMILES string of the molecule is CN(C)S(=O)(=O)c1cccc(C(=O)NNC(=O)c2cccc(NC(=O)c3cccc(S(=O)(=O)N(C)C)c3)c2)c1. The average Bonchev–Trinajstić information content (AvgIpc) is 2.91. The summed E-state index contributed by atoms with van der Waals surface area (Å²) in [5.74, 6) is -2.03. The first-order valence-corrected chi connectivity index (χ1v) is 14.2. The van der Waals surface area contributed by atoms with Crippen LogP contribution in [0.4, 0.5) is 5.69 Å². The molecule has 3 amide bonds. The third kappa shape index (κ3) is 6.86. The third-order valence-electron chi connectivity index (χ3n) is 5.42. The van der Waals surface area contributed by atoms with Crippen molar-refractivity contribution < 1.29 is 31.2 Å². The smallest absolute Gasteiger partial charge is 0.269 e. The van der Waals surface area contributed by atoms with Gasteiger partial charge in [-0.2, -0.15) is 0 Å². The van der Waals surface area contributed by atoms with Crippen LogP contribution in [0.15, 0.2) is 82.6 Å². The number of benzene rings is 3. The molecule has 0 aromatic heterocycles. The summed E-state index contributed by atoms with van der Waals surface area (Å²) in [6.07, 6.45) is 0. The second kappa shape index (κ2) is 11.7. The molecule has 0 radical (unpaired) electrons. The van der Waals surface area contributed by atoms with Crippen LogP contribution in [0.1, 0.15) is 31.1 Å². The third-order valence-corrected chi connectivity index (χ3v) is 9.04. The molecule has 0 bridgehead atoms. The normalized spacial score (nSPS) is 11.7. The first kappa shape index (κ1) is 29.4. The Balaban J connectivity index is 1.68. The molecule has 0 aliphatic rings. The van der Waals surface area contributed by atoms with Gasteiger partial charge < -0.3 is 5.32 Å². The minimum Gasteiger partial charge on any atom is -0.322 e. The van der Waals surface area contributed by atoms with Crippen LogP contribution < -0.4 is 16.2 Å². The van der Waals surface area contributed by atoms with Crippen molar-refractivity contribution in [3.63, 3.8) is 0 Å². The van der Waals surface area contributed by atoms with E-state index in [0.717, 1.165) is 8.61 Å². The molecule has 3 aromatic rings. The van der Waals surface area contributed by atoms with Gasteiger partial charge in [0.25, 0.3) is 17.7 Å². The highest BCUT2D eigenvalue weighted by atomic mass is 32.2. The van der Waals surface area contributed by atoms with Crippen molar-refractivity contribution >= 4 is 43.5 Å². The first-order chi connectivity index (χ1) is 18.2. The molecule has 0 saturated heterocycles. The molecule has 0 saturated carbocycles. The highest BCUT2D eigenvalue weighted by Crippen LogP contribution is 2.18. The van der Waals surface area contributed by atoms with E-state index < -0.39 is 37.8 Å². The summed E-state index contributed by atoms with van der Waals surface area (Å²) in [4.78, 5) is 37.7. The van der Waals surface area contributed by atoms with Crippen LogP contribution in [0.2, 0.25) is 0 Å². The number of rotatable bonds is 8. The minimum atomic E-state index is -3.76. The summed E-state index contributed by atoms with van der Waals surface area (Å²) in [5.41, 5.74) is 4.93. The fourth-order valence-corrected chi connectivity index (χ4v) is 5.11. The van der Waals surface area contributed by atoms with E-state index >= 15 is 0 Å². The molecule has 3 N–H and O–H groups in total. The van der Waals surface area contributed by atoms with Crippen molar-refractivity contribution in [2.45, 2.75) is 9.79 Å². The number of hydrazine groups is 1. The van der Waals surface area contributed by atoms with E-state index in [-0.39, 0.29) is 32.2 Å². The standard InChI is InChI=1S/C25H27N5O7S2/c1-29(2)38(34,35)21-12-6-9-18(15-21)23(31)26-20-11-5-8-17(14-20)24(32)27-28-25(33)19-10-7-13-22(16-19)39(36,37)30(3)4/h5-16H,1-4H3,(H,26,31)(H,27,32)(H,28,33). The van der Waals surface area contributed by atoms with Crippen molar-refractivity contribution in [1.29, 1.82) is 0 Å². The molecule has 0 heterocycles. The fraction of sp³-hybridized carbons (Fsp3) is 0.160. The molecule has 12 nitrogen and oxygen atoms in total. The maximum absolute atomic E-state index is 12.7. The summed E-state index contributed by atoms with van der Waals surface area (Å²) in [5, 5.41) is 2.61. The van der Waals surface area contributed by atoms with E-state index in [1.54, 1.807) is 0 Å². The number of nitrogens with zero attached hydrogens (tertiary/aromatic N) is 2. The van der Waals surface area contributed by atoms with Crippen LogP contribution in [-0.2, 0) is 20.0 Å². The van der Waals surface area contributed by atoms with E-state index in [0.29, 0.717) is 0 Å². The van der Waals surface area contributed by atoms with Crippen molar-refractivity contribution in [1.82, 2.24) is 19.5 Å². The van der Waals surface area contributed by atoms with E-state index in [1.165, 1.54) is 101 Å². The van der Waals surface area contributed by atoms with Gasteiger partial charge in [0.05, 0.1) is 9.79 Å². The van der Waals surface area contributed by atoms with Crippen molar-refractivity contribution in [2.24, 2.45) is 0 Å². The van der Waals surface area contributed by atoms with Gasteiger partial charge in [0.1, 0.15) is 0 Å². The molecular formula is C25H27N5O7S2. The van der Waals surface area contributed by atoms with Gasteiger partial charge in [0.2, 0.25) is 20.0 Å². The van der Waals surface area contributed by atoms with E-state index in [9.17, 15) is 31.2 Å². The molecule has 3 aromatic carbocycles. The Kier molecular flexibility index (Phi) is 8.86. The second-order valence-corrected chi connectivity index (χ2v) is 12.9. The maximum atomic E-state index is 12.7. The number of anilines is 1. The van der Waals surface area contributed by atoms with Crippen LogP contribution in [0.5, 0.6) is 0 Å². The van der Waals surface area contributed by atoms with E-state index in [4.69, 9.17) is 0 Å². The molecule has 0 aliphatic carbocycles. The van der Waals surface area contributed by atoms with Gasteiger partial charge in [-0.25, -0.2) is 25.4 Å². The molecule has 0 fully saturated rings. The van der Waals surface area contributed by atoms with Gasteiger partial charge in [0.15, 0.2) is 0 Å². The van der Waals surface area contributed by atoms with Gasteiger partial charge >= 0.3 is 0 Å². The molecule has 206 valence electrons. The zero-order chi connectivity index (χ0) is 29.0. The van der Waals surface area contributed by atoms with Crippen molar-refractivity contribution in [3.8, 4) is 0 Å². The van der Waals surface area contributed by atoms with Gasteiger partial charge in [-0.1, -0.05) is 18.2 Å². The van der Waals surface area contributed by atoms with Crippen LogP contribution in [0.3, 0.4) is 0 Å². The molecule has 0 unspecified atom stereocenters. The lowest BCUT2D eigenvalue weighted by atomic mass is 10.1. The Hall–Kier alpha value is -4.11. The lowest BCUT2D eigenvalue weighted by molar-refractivity contribution is 0.0846. The molecular weight excluding hydrogens is 546 g/mol. The summed E-state index contributed by atoms with van der Waals surface area (Å²) < 4.78 is 51.4. The average molecular weight is 574 g/mol. The monoisotopic (exact) mass is 573 g/mol. The Bertz CT molecular complexity index is 1640. The van der Waals surface area contributed by atoms with Gasteiger partial charge in [-0.05, 0) is 54.6 Å². The predicted octanol–water partition coefficient (Wildman–Crippen LogP) is 1.51. The highest BCUT2D eigenvalue weighted by Gasteiger charge is 2.20. The lowest BCUT2D eigenvalue weighted by Crippen LogP contribution is -2.41. The first-order valence-electron chi connectivity index (χ1n) is 11.3. The van der Waals surface area contributed by atoms with Crippen LogP contribution in [0, 0.1) is 0 Å². The molecule has 39 heavy (non-hydrogen) atoms. The number of hydrogen-bond acceptors (Lipinski definition) is 7. The summed E-state index contributed by atoms with van der Waals surface area (Å²) in [7, 11) is -1.99. The number of carbonyl (C=O) groups is 3. The van der Waals surface area contributed by atoms with Crippen LogP contribution in [0.25, 0.3) is 0 Å². The Morgan fingerprint density at radius 2 is 0.949 bits per heavy atom. The van der Waals surface area contributed by atoms with Crippen LogP contribution in [-0.4, -0.2) is 71.4 Å². The van der Waals surface area contributed by atoms with E-state index in [1.807, 2.05) is 0 Å². The molecule has 3 rings (SSSR count). The number of sulfonamides is 2. The van der Waals surface area contributed by atoms with Gasteiger partial charge in [-0.15, -0.1) is 0 Å². The molecule has 14 heteroatoms. The maximum Gasteiger partial charge on any atom is 0.269 e. The quantitative estimate of drug-likeness (QED) is 0.344. The van der Waals surface area contributed by atoms with Gasteiger partial charge in [-0.3, -0.25) is 25.2 Å². The Morgan fingerprint density at radius 3 is 1.38 bits per heavy atom. The molecule has 0 aliphatic heterocycles. The zero-order valence-corrected chi connectivity index (χ0v) is 23.1. The van der Waals surface area contributed by atoms with Crippen molar-refractivity contribution in [3.05, 3.63) is 89.5 Å². The highest BCUT2D eigenvalue weighted by molar-refractivity contribution is 7.89. The second-order valence-electron chi connectivity index (χ2n) is 8.57. The predicted molar refractivity (Wildman–Crippen MR) is 144 cm³/mol. The molecule has 0 atom stereocenters. The summed E-state index contributed by atoms with van der Waals surface area (Å²) in [6.45, 7) is 0. The number of carbonyl (C=O) groups excluding carboxylic acids is 3. The zero-order valence-electron chi connectivity index (χ0n) is 21.5. The summed E-state index contributed by atoms with van der Waals surface area (Å²) >= 11 is 0.